The maximum absolute atomic E-state index is 13.2. The number of pyridine rings is 2. The Hall–Kier alpha value is -3.58. The number of amides is 2. The van der Waals surface area contributed by atoms with E-state index < -0.39 is 24.0 Å². The van der Waals surface area contributed by atoms with Crippen molar-refractivity contribution in [2.24, 2.45) is 11.8 Å². The van der Waals surface area contributed by atoms with E-state index in [0.29, 0.717) is 12.2 Å². The SMILES string of the molecule is O=C(NCc1cccnc1)[C@@H]1[C@@H](C(=O)Nc2cccc3ncccc23)[C@H]2C=C[C@@H]1O2. The fourth-order valence-corrected chi connectivity index (χ4v) is 4.17. The third-order valence-electron chi connectivity index (χ3n) is 5.60. The second-order valence-corrected chi connectivity index (χ2v) is 7.45. The van der Waals surface area contributed by atoms with E-state index in [9.17, 15) is 9.59 Å². The molecule has 4 atom stereocenters. The lowest BCUT2D eigenvalue weighted by Crippen LogP contribution is -2.44. The molecule has 3 aromatic rings. The maximum atomic E-state index is 13.2. The predicted molar refractivity (Wildman–Crippen MR) is 111 cm³/mol. The van der Waals surface area contributed by atoms with Gasteiger partial charge in [0.05, 0.1) is 35.2 Å². The van der Waals surface area contributed by atoms with Gasteiger partial charge in [-0.25, -0.2) is 0 Å². The van der Waals surface area contributed by atoms with Crippen LogP contribution in [0.5, 0.6) is 0 Å². The van der Waals surface area contributed by atoms with Crippen molar-refractivity contribution >= 4 is 28.4 Å². The molecule has 2 aliphatic rings. The average Bonchev–Trinajstić information content (AvgIpc) is 3.40. The summed E-state index contributed by atoms with van der Waals surface area (Å²) in [5, 5.41) is 6.76. The molecule has 7 nitrogen and oxygen atoms in total. The number of hydrogen-bond acceptors (Lipinski definition) is 5. The van der Waals surface area contributed by atoms with Crippen molar-refractivity contribution in [3.05, 3.63) is 78.8 Å². The number of rotatable bonds is 5. The predicted octanol–water partition coefficient (Wildman–Crippen LogP) is 2.45. The van der Waals surface area contributed by atoms with Crippen LogP contribution in [0.4, 0.5) is 5.69 Å². The molecule has 4 heterocycles. The van der Waals surface area contributed by atoms with Gasteiger partial charge in [-0.1, -0.05) is 24.3 Å². The minimum atomic E-state index is -0.596. The van der Waals surface area contributed by atoms with Gasteiger partial charge in [-0.3, -0.25) is 19.6 Å². The Balaban J connectivity index is 1.35. The zero-order valence-corrected chi connectivity index (χ0v) is 16.1. The van der Waals surface area contributed by atoms with Gasteiger partial charge < -0.3 is 15.4 Å². The van der Waals surface area contributed by atoms with Crippen LogP contribution in [0.2, 0.25) is 0 Å². The molecule has 1 fully saturated rings. The Morgan fingerprint density at radius 1 is 0.933 bits per heavy atom. The Morgan fingerprint density at radius 2 is 1.73 bits per heavy atom. The van der Waals surface area contributed by atoms with E-state index in [4.69, 9.17) is 4.74 Å². The van der Waals surface area contributed by atoms with E-state index >= 15 is 0 Å². The summed E-state index contributed by atoms with van der Waals surface area (Å²) < 4.78 is 5.86. The Kier molecular flexibility index (Phi) is 4.72. The summed E-state index contributed by atoms with van der Waals surface area (Å²) in [6, 6.07) is 13.0. The second-order valence-electron chi connectivity index (χ2n) is 7.45. The number of aromatic nitrogens is 2. The van der Waals surface area contributed by atoms with Gasteiger partial charge >= 0.3 is 0 Å². The van der Waals surface area contributed by atoms with Crippen LogP contribution in [-0.4, -0.2) is 34.0 Å². The highest BCUT2D eigenvalue weighted by atomic mass is 16.5. The van der Waals surface area contributed by atoms with E-state index in [2.05, 4.69) is 20.6 Å². The van der Waals surface area contributed by atoms with E-state index in [0.717, 1.165) is 16.5 Å². The van der Waals surface area contributed by atoms with Gasteiger partial charge in [-0.15, -0.1) is 0 Å². The Bertz CT molecular complexity index is 1130. The van der Waals surface area contributed by atoms with E-state index in [-0.39, 0.29) is 11.8 Å². The number of fused-ring (bicyclic) bond motifs is 3. The normalized spacial score (nSPS) is 24.1. The zero-order chi connectivity index (χ0) is 20.5. The van der Waals surface area contributed by atoms with Crippen LogP contribution in [0, 0.1) is 11.8 Å². The number of ether oxygens (including phenoxy) is 1. The Morgan fingerprint density at radius 3 is 2.53 bits per heavy atom. The molecule has 0 radical (unpaired) electrons. The fourth-order valence-electron chi connectivity index (χ4n) is 4.17. The van der Waals surface area contributed by atoms with Gasteiger partial charge in [-0.2, -0.15) is 0 Å². The maximum Gasteiger partial charge on any atom is 0.231 e. The molecule has 7 heteroatoms. The molecule has 0 saturated carbocycles. The van der Waals surface area contributed by atoms with Crippen molar-refractivity contribution in [1.82, 2.24) is 15.3 Å². The van der Waals surface area contributed by atoms with Crippen LogP contribution in [-0.2, 0) is 20.9 Å². The molecule has 2 N–H and O–H groups in total. The van der Waals surface area contributed by atoms with Crippen LogP contribution in [0.25, 0.3) is 10.9 Å². The molecule has 150 valence electrons. The molecular formula is C23H20N4O3. The third kappa shape index (κ3) is 3.33. The van der Waals surface area contributed by atoms with Crippen LogP contribution in [0.3, 0.4) is 0 Å². The summed E-state index contributed by atoms with van der Waals surface area (Å²) in [5.41, 5.74) is 2.37. The quantitative estimate of drug-likeness (QED) is 0.642. The van der Waals surface area contributed by atoms with Crippen molar-refractivity contribution in [3.63, 3.8) is 0 Å². The van der Waals surface area contributed by atoms with Crippen LogP contribution < -0.4 is 10.6 Å². The van der Waals surface area contributed by atoms with Crippen molar-refractivity contribution in [2.45, 2.75) is 18.8 Å². The highest BCUT2D eigenvalue weighted by Crippen LogP contribution is 2.40. The number of benzene rings is 1. The molecular weight excluding hydrogens is 380 g/mol. The molecule has 2 amide bonds. The van der Waals surface area contributed by atoms with Gasteiger partial charge in [0.25, 0.3) is 0 Å². The number of carbonyl (C=O) groups is 2. The lowest BCUT2D eigenvalue weighted by molar-refractivity contribution is -0.131. The highest BCUT2D eigenvalue weighted by Gasteiger charge is 2.52. The second kappa shape index (κ2) is 7.68. The van der Waals surface area contributed by atoms with Gasteiger partial charge in [0, 0.05) is 30.5 Å². The molecule has 5 rings (SSSR count). The van der Waals surface area contributed by atoms with Crippen LogP contribution in [0.1, 0.15) is 5.56 Å². The van der Waals surface area contributed by atoms with Crippen LogP contribution >= 0.6 is 0 Å². The molecule has 2 aromatic heterocycles. The number of nitrogens with zero attached hydrogens (tertiary/aromatic N) is 2. The smallest absolute Gasteiger partial charge is 0.231 e. The molecule has 0 aliphatic carbocycles. The number of anilines is 1. The number of carbonyl (C=O) groups excluding carboxylic acids is 2. The first-order chi connectivity index (χ1) is 14.7. The lowest BCUT2D eigenvalue weighted by Gasteiger charge is -2.24. The summed E-state index contributed by atoms with van der Waals surface area (Å²) in [6.45, 7) is 0.355. The first-order valence-electron chi connectivity index (χ1n) is 9.86. The monoisotopic (exact) mass is 400 g/mol. The van der Waals surface area contributed by atoms with Gasteiger partial charge in [0.15, 0.2) is 0 Å². The Labute approximate surface area is 173 Å². The molecule has 1 aromatic carbocycles. The largest absolute Gasteiger partial charge is 0.365 e. The number of hydrogen-bond donors (Lipinski definition) is 2. The average molecular weight is 400 g/mol. The van der Waals surface area contributed by atoms with E-state index in [1.165, 1.54) is 0 Å². The first kappa shape index (κ1) is 18.4. The van der Waals surface area contributed by atoms with Crippen molar-refractivity contribution in [1.29, 1.82) is 0 Å². The summed E-state index contributed by atoms with van der Waals surface area (Å²) >= 11 is 0. The topological polar surface area (TPSA) is 93.2 Å². The molecule has 2 aliphatic heterocycles. The standard InChI is InChI=1S/C23H20N4O3/c28-22(26-13-14-4-2-10-24-12-14)20-18-8-9-19(30-18)21(20)23(29)27-17-7-1-6-16-15(17)5-3-11-25-16/h1-12,18-21H,13H2,(H,26,28)(H,27,29)/t18-,19+,20-,21-/m0/s1. The third-order valence-corrected chi connectivity index (χ3v) is 5.60. The summed E-state index contributed by atoms with van der Waals surface area (Å²) in [7, 11) is 0. The van der Waals surface area contributed by atoms with Crippen molar-refractivity contribution in [3.8, 4) is 0 Å². The summed E-state index contributed by atoms with van der Waals surface area (Å²) in [6.07, 6.45) is 8.03. The minimum absolute atomic E-state index is 0.199. The molecule has 0 spiro atoms. The van der Waals surface area contributed by atoms with Gasteiger partial charge in [0.1, 0.15) is 0 Å². The summed E-state index contributed by atoms with van der Waals surface area (Å²) in [5.74, 6) is -1.61. The highest BCUT2D eigenvalue weighted by molar-refractivity contribution is 6.03. The molecule has 30 heavy (non-hydrogen) atoms. The number of nitrogens with one attached hydrogen (secondary N) is 2. The fraction of sp³-hybridized carbons (Fsp3) is 0.217. The van der Waals surface area contributed by atoms with Crippen molar-refractivity contribution in [2.75, 3.05) is 5.32 Å². The van der Waals surface area contributed by atoms with Gasteiger partial charge in [-0.05, 0) is 35.9 Å². The minimum Gasteiger partial charge on any atom is -0.365 e. The van der Waals surface area contributed by atoms with Crippen molar-refractivity contribution < 1.29 is 14.3 Å². The van der Waals surface area contributed by atoms with Crippen LogP contribution in [0.15, 0.2) is 73.2 Å². The van der Waals surface area contributed by atoms with E-state index in [1.807, 2.05) is 54.6 Å². The lowest BCUT2D eigenvalue weighted by atomic mass is 9.81. The summed E-state index contributed by atoms with van der Waals surface area (Å²) in [4.78, 5) is 34.5. The zero-order valence-electron chi connectivity index (χ0n) is 16.1. The molecule has 0 unspecified atom stereocenters. The molecule has 1 saturated heterocycles. The molecule has 2 bridgehead atoms. The van der Waals surface area contributed by atoms with Gasteiger partial charge in [0.2, 0.25) is 11.8 Å². The van der Waals surface area contributed by atoms with E-state index in [1.54, 1.807) is 18.6 Å². The first-order valence-corrected chi connectivity index (χ1v) is 9.86.